The van der Waals surface area contributed by atoms with E-state index in [0.717, 1.165) is 34.2 Å². The molecule has 21 heavy (non-hydrogen) atoms. The Bertz CT molecular complexity index is 697. The average Bonchev–Trinajstić information content (AvgIpc) is 2.65. The smallest absolute Gasteiger partial charge is 0.208 e. The van der Waals surface area contributed by atoms with Crippen molar-refractivity contribution < 1.29 is 19.3 Å². The van der Waals surface area contributed by atoms with E-state index in [1.807, 2.05) is 18.2 Å². The molecule has 0 unspecified atom stereocenters. The number of aromatic hydroxyl groups is 1. The molecular formula is C16H15BrO4. The summed E-state index contributed by atoms with van der Waals surface area (Å²) in [6, 6.07) is 7.59. The zero-order valence-electron chi connectivity index (χ0n) is 11.8. The summed E-state index contributed by atoms with van der Waals surface area (Å²) >= 11 is 3.47. The number of aryl methyl sites for hydroxylation is 2. The Morgan fingerprint density at radius 1 is 1.05 bits per heavy atom. The van der Waals surface area contributed by atoms with Gasteiger partial charge >= 0.3 is 0 Å². The van der Waals surface area contributed by atoms with Crippen LogP contribution in [0.3, 0.4) is 0 Å². The number of fused-ring (bicyclic) bond motifs is 2. The minimum Gasteiger partial charge on any atom is -0.504 e. The van der Waals surface area contributed by atoms with Crippen LogP contribution in [0.5, 0.6) is 28.7 Å². The molecule has 4 nitrogen and oxygen atoms in total. The second-order valence-electron chi connectivity index (χ2n) is 4.80. The summed E-state index contributed by atoms with van der Waals surface area (Å²) in [6.07, 6.45) is 1.59. The quantitative estimate of drug-likeness (QED) is 0.886. The number of rotatable bonds is 2. The van der Waals surface area contributed by atoms with Crippen LogP contribution in [0.2, 0.25) is 0 Å². The number of hydrogen-bond acceptors (Lipinski definition) is 4. The molecular weight excluding hydrogens is 336 g/mol. The van der Waals surface area contributed by atoms with Gasteiger partial charge in [-0.25, -0.2) is 0 Å². The zero-order chi connectivity index (χ0) is 15.0. The minimum absolute atomic E-state index is 0.0591. The van der Waals surface area contributed by atoms with Crippen LogP contribution < -0.4 is 14.2 Å². The number of hydrogen-bond donors (Lipinski definition) is 1. The Hall–Kier alpha value is -1.88. The minimum atomic E-state index is 0.0591. The number of benzene rings is 2. The van der Waals surface area contributed by atoms with Crippen molar-refractivity contribution >= 4 is 15.9 Å². The first-order chi connectivity index (χ1) is 10.1. The Balaban J connectivity index is 2.17. The molecule has 0 atom stereocenters. The molecule has 0 aliphatic carbocycles. The van der Waals surface area contributed by atoms with E-state index >= 15 is 0 Å². The highest BCUT2D eigenvalue weighted by Crippen LogP contribution is 2.49. The van der Waals surface area contributed by atoms with Crippen molar-refractivity contribution in [3.8, 4) is 28.7 Å². The molecule has 1 aliphatic rings. The maximum absolute atomic E-state index is 10.1. The zero-order valence-corrected chi connectivity index (χ0v) is 13.4. The number of phenols is 1. The summed E-state index contributed by atoms with van der Waals surface area (Å²) in [7, 11) is 3.03. The number of halogens is 1. The van der Waals surface area contributed by atoms with Crippen molar-refractivity contribution in [2.24, 2.45) is 0 Å². The Morgan fingerprint density at radius 2 is 1.76 bits per heavy atom. The molecule has 2 aromatic carbocycles. The van der Waals surface area contributed by atoms with Crippen molar-refractivity contribution in [2.45, 2.75) is 12.8 Å². The molecule has 3 rings (SSSR count). The molecule has 0 saturated heterocycles. The molecule has 110 valence electrons. The summed E-state index contributed by atoms with van der Waals surface area (Å²) < 4.78 is 17.7. The van der Waals surface area contributed by atoms with E-state index in [2.05, 4.69) is 15.9 Å². The van der Waals surface area contributed by atoms with E-state index in [1.165, 1.54) is 14.2 Å². The van der Waals surface area contributed by atoms with E-state index in [4.69, 9.17) is 14.2 Å². The van der Waals surface area contributed by atoms with Crippen molar-refractivity contribution in [3.05, 3.63) is 39.9 Å². The third-order valence-electron chi connectivity index (χ3n) is 3.55. The standard InChI is InChI=1S/C16H15BrO4/c1-19-15-12(18)8-10-4-3-9-7-11(17)5-6-13(9)21-14(10)16(15)20-2/h5-8,18H,3-4H2,1-2H3. The lowest BCUT2D eigenvalue weighted by Crippen LogP contribution is -1.97. The normalized spacial score (nSPS) is 12.7. The fourth-order valence-electron chi connectivity index (χ4n) is 2.56. The van der Waals surface area contributed by atoms with Gasteiger partial charge in [-0.15, -0.1) is 0 Å². The van der Waals surface area contributed by atoms with Gasteiger partial charge in [0.1, 0.15) is 5.75 Å². The van der Waals surface area contributed by atoms with E-state index in [-0.39, 0.29) is 11.5 Å². The van der Waals surface area contributed by atoms with Crippen LogP contribution in [-0.2, 0) is 12.8 Å². The van der Waals surface area contributed by atoms with Gasteiger partial charge in [0, 0.05) is 10.0 Å². The highest BCUT2D eigenvalue weighted by molar-refractivity contribution is 9.10. The highest BCUT2D eigenvalue weighted by atomic mass is 79.9. The van der Waals surface area contributed by atoms with Gasteiger partial charge in [0.2, 0.25) is 11.5 Å². The van der Waals surface area contributed by atoms with Crippen LogP contribution in [-0.4, -0.2) is 19.3 Å². The maximum Gasteiger partial charge on any atom is 0.208 e. The first kappa shape index (κ1) is 14.1. The first-order valence-corrected chi connectivity index (χ1v) is 7.36. The lowest BCUT2D eigenvalue weighted by Gasteiger charge is -2.16. The van der Waals surface area contributed by atoms with Crippen molar-refractivity contribution in [2.75, 3.05) is 14.2 Å². The summed E-state index contributed by atoms with van der Waals surface area (Å²) in [5, 5.41) is 10.1. The largest absolute Gasteiger partial charge is 0.504 e. The fraction of sp³-hybridized carbons (Fsp3) is 0.250. The van der Waals surface area contributed by atoms with Crippen LogP contribution in [0.25, 0.3) is 0 Å². The molecule has 0 amide bonds. The molecule has 0 saturated carbocycles. The number of ether oxygens (including phenoxy) is 3. The second-order valence-corrected chi connectivity index (χ2v) is 5.72. The molecule has 1 heterocycles. The van der Waals surface area contributed by atoms with Gasteiger partial charge in [0.05, 0.1) is 14.2 Å². The third kappa shape index (κ3) is 2.42. The van der Waals surface area contributed by atoms with E-state index < -0.39 is 0 Å². The monoisotopic (exact) mass is 350 g/mol. The van der Waals surface area contributed by atoms with E-state index in [9.17, 15) is 5.11 Å². The molecule has 0 radical (unpaired) electrons. The van der Waals surface area contributed by atoms with Gasteiger partial charge < -0.3 is 19.3 Å². The number of phenolic OH excluding ortho intramolecular Hbond substituents is 1. The van der Waals surface area contributed by atoms with E-state index in [0.29, 0.717) is 11.5 Å². The molecule has 0 spiro atoms. The van der Waals surface area contributed by atoms with Gasteiger partial charge in [-0.1, -0.05) is 15.9 Å². The van der Waals surface area contributed by atoms with Crippen LogP contribution in [0.4, 0.5) is 0 Å². The van der Waals surface area contributed by atoms with E-state index in [1.54, 1.807) is 6.07 Å². The van der Waals surface area contributed by atoms with Crippen molar-refractivity contribution in [1.29, 1.82) is 0 Å². The summed E-state index contributed by atoms with van der Waals surface area (Å²) in [6.45, 7) is 0. The van der Waals surface area contributed by atoms with Crippen molar-refractivity contribution in [3.63, 3.8) is 0 Å². The predicted molar refractivity (Wildman–Crippen MR) is 82.8 cm³/mol. The highest BCUT2D eigenvalue weighted by Gasteiger charge is 2.24. The average molecular weight is 351 g/mol. The summed E-state index contributed by atoms with van der Waals surface area (Å²) in [4.78, 5) is 0. The summed E-state index contributed by atoms with van der Waals surface area (Å²) in [5.74, 6) is 2.17. The molecule has 2 aromatic rings. The predicted octanol–water partition coefficient (Wildman–Crippen LogP) is 4.06. The summed E-state index contributed by atoms with van der Waals surface area (Å²) in [5.41, 5.74) is 2.01. The topological polar surface area (TPSA) is 47.9 Å². The first-order valence-electron chi connectivity index (χ1n) is 6.57. The molecule has 1 N–H and O–H groups in total. The molecule has 0 bridgehead atoms. The molecule has 5 heteroatoms. The Kier molecular flexibility index (Phi) is 3.68. The van der Waals surface area contributed by atoms with Gasteiger partial charge in [0.25, 0.3) is 0 Å². The van der Waals surface area contributed by atoms with Crippen LogP contribution in [0.1, 0.15) is 11.1 Å². The lowest BCUT2D eigenvalue weighted by molar-refractivity contribution is 0.318. The van der Waals surface area contributed by atoms with Crippen LogP contribution >= 0.6 is 15.9 Å². The fourth-order valence-corrected chi connectivity index (χ4v) is 2.97. The van der Waals surface area contributed by atoms with Gasteiger partial charge in [-0.2, -0.15) is 0 Å². The Morgan fingerprint density at radius 3 is 2.48 bits per heavy atom. The maximum atomic E-state index is 10.1. The third-order valence-corrected chi connectivity index (χ3v) is 4.05. The van der Waals surface area contributed by atoms with Gasteiger partial charge in [-0.05, 0) is 42.7 Å². The molecule has 0 aromatic heterocycles. The van der Waals surface area contributed by atoms with Gasteiger partial charge in [-0.3, -0.25) is 0 Å². The molecule has 0 fully saturated rings. The second kappa shape index (κ2) is 5.48. The Labute approximate surface area is 131 Å². The van der Waals surface area contributed by atoms with Gasteiger partial charge in [0.15, 0.2) is 11.5 Å². The number of methoxy groups -OCH3 is 2. The molecule has 1 aliphatic heterocycles. The van der Waals surface area contributed by atoms with Crippen molar-refractivity contribution in [1.82, 2.24) is 0 Å². The van der Waals surface area contributed by atoms with Crippen LogP contribution in [0.15, 0.2) is 28.7 Å². The van der Waals surface area contributed by atoms with Crippen LogP contribution in [0, 0.1) is 0 Å². The lowest BCUT2D eigenvalue weighted by atomic mass is 10.0. The SMILES string of the molecule is COc1c(O)cc2c(c1OC)Oc1ccc(Br)cc1CC2.